The van der Waals surface area contributed by atoms with Gasteiger partial charge in [-0.25, -0.2) is 0 Å². The van der Waals surface area contributed by atoms with E-state index in [0.29, 0.717) is 0 Å². The molecule has 0 saturated heterocycles. The van der Waals surface area contributed by atoms with Crippen molar-refractivity contribution < 1.29 is 30.0 Å². The molecule has 0 saturated carbocycles. The number of ketones is 1. The number of hydrogen-bond donors (Lipinski definition) is 1. The van der Waals surface area contributed by atoms with E-state index in [1.807, 2.05) is 52.9 Å². The summed E-state index contributed by atoms with van der Waals surface area (Å²) in [6, 6.07) is 27.4. The molecule has 0 unspecified atom stereocenters. The van der Waals surface area contributed by atoms with Crippen molar-refractivity contribution in [3.8, 4) is 21.7 Å². The van der Waals surface area contributed by atoms with Crippen molar-refractivity contribution in [3.63, 3.8) is 0 Å². The van der Waals surface area contributed by atoms with E-state index in [1.54, 1.807) is 0 Å². The minimum atomic E-state index is -0.337. The fraction of sp³-hybridized carbons (Fsp3) is 0.381. The van der Waals surface area contributed by atoms with Crippen LogP contribution >= 0.6 is 11.3 Å². The predicted octanol–water partition coefficient (Wildman–Crippen LogP) is 12.2. The number of rotatable bonds is 8. The van der Waals surface area contributed by atoms with Gasteiger partial charge in [0.15, 0.2) is 5.78 Å². The summed E-state index contributed by atoms with van der Waals surface area (Å²) in [5, 5.41) is 12.7. The number of allylic oxidation sites excluding steroid dienone is 2. The Morgan fingerprint density at radius 1 is 0.915 bits per heavy atom. The Labute approximate surface area is 298 Å². The van der Waals surface area contributed by atoms with Crippen LogP contribution in [0.5, 0.6) is 0 Å². The predicted molar refractivity (Wildman–Crippen MR) is 197 cm³/mol. The summed E-state index contributed by atoms with van der Waals surface area (Å²) in [6.07, 6.45) is 4.75. The van der Waals surface area contributed by atoms with Crippen LogP contribution in [0.1, 0.15) is 97.8 Å². The van der Waals surface area contributed by atoms with Gasteiger partial charge in [-0.1, -0.05) is 103 Å². The number of carbonyl (C=O) groups is 1. The number of aliphatic hydroxyl groups excluding tert-OH is 1. The molecule has 2 heterocycles. The SMILES string of the molecule is CCC(C)(CC)C(=O)/C=C(\O)C(C)(CC)CC.Cc1ccc2nc(-c3[c-]ccc4c3C(C)(C)c3c-4sc4ccccc34)ccc2c1.[Ir]. The fourth-order valence-electron chi connectivity index (χ4n) is 6.59. The van der Waals surface area contributed by atoms with Crippen LogP contribution in [0.4, 0.5) is 0 Å². The van der Waals surface area contributed by atoms with Crippen molar-refractivity contribution in [2.45, 2.75) is 93.4 Å². The first kappa shape index (κ1) is 36.7. The van der Waals surface area contributed by atoms with Gasteiger partial charge in [-0.2, -0.15) is 0 Å². The van der Waals surface area contributed by atoms with Crippen LogP contribution in [0.15, 0.2) is 78.6 Å². The van der Waals surface area contributed by atoms with Crippen molar-refractivity contribution in [2.24, 2.45) is 10.8 Å². The summed E-state index contributed by atoms with van der Waals surface area (Å²) < 4.78 is 1.37. The van der Waals surface area contributed by atoms with Gasteiger partial charge in [0.05, 0.1) is 5.52 Å². The molecule has 0 aliphatic heterocycles. The number of fused-ring (bicyclic) bond motifs is 6. The van der Waals surface area contributed by atoms with Gasteiger partial charge in [0, 0.05) is 46.6 Å². The first-order valence-electron chi connectivity index (χ1n) is 16.7. The van der Waals surface area contributed by atoms with E-state index in [1.165, 1.54) is 48.7 Å². The molecule has 5 aromatic rings. The van der Waals surface area contributed by atoms with Crippen molar-refractivity contribution in [1.29, 1.82) is 0 Å². The minimum Gasteiger partial charge on any atom is -0.512 e. The van der Waals surface area contributed by atoms with Crippen LogP contribution in [-0.2, 0) is 30.3 Å². The van der Waals surface area contributed by atoms with E-state index in [9.17, 15) is 9.90 Å². The smallest absolute Gasteiger partial charge is 0.164 e. The first-order chi connectivity index (χ1) is 21.8. The maximum absolute atomic E-state index is 12.2. The Bertz CT molecular complexity index is 1940. The van der Waals surface area contributed by atoms with Gasteiger partial charge in [0.25, 0.3) is 0 Å². The Morgan fingerprint density at radius 3 is 2.23 bits per heavy atom. The summed E-state index contributed by atoms with van der Waals surface area (Å²) in [4.78, 5) is 18.6. The standard InChI is InChI=1S/C27H20NS.C15H28O2.Ir/c1-16-11-13-21-17(15-16)12-14-22(28-21)18-8-6-9-20-24(18)27(2,3)25-19-7-4-5-10-23(19)29-26(20)25;1-7-14(5,8-2)12(16)11-13(17)15(6,9-3)10-4;/h4-7,9-15H,1-3H3;11,16H,7-10H2,1-6H3;/q-1;;/b;12-11-;. The first-order valence-corrected chi connectivity index (χ1v) is 17.6. The third kappa shape index (κ3) is 6.64. The number of aromatic nitrogens is 1. The Morgan fingerprint density at radius 2 is 1.57 bits per heavy atom. The normalized spacial score (nSPS) is 13.9. The molecule has 2 aromatic heterocycles. The maximum Gasteiger partial charge on any atom is 0.164 e. The molecule has 5 heteroatoms. The molecule has 1 aliphatic carbocycles. The number of benzene rings is 3. The van der Waals surface area contributed by atoms with Crippen molar-refractivity contribution in [3.05, 3.63) is 101 Å². The van der Waals surface area contributed by atoms with E-state index in [2.05, 4.69) is 93.6 Å². The summed E-state index contributed by atoms with van der Waals surface area (Å²) in [5.41, 5.74) is 7.89. The fourth-order valence-corrected chi connectivity index (χ4v) is 7.98. The van der Waals surface area contributed by atoms with Crippen LogP contribution in [-0.4, -0.2) is 15.9 Å². The third-order valence-electron chi connectivity index (χ3n) is 10.8. The molecular formula is C42H48IrNO2S-. The van der Waals surface area contributed by atoms with Gasteiger partial charge in [0.2, 0.25) is 0 Å². The zero-order chi connectivity index (χ0) is 33.4. The Kier molecular flexibility index (Phi) is 11.1. The van der Waals surface area contributed by atoms with Gasteiger partial charge in [-0.3, -0.25) is 9.78 Å². The van der Waals surface area contributed by atoms with Crippen molar-refractivity contribution >= 4 is 38.1 Å². The summed E-state index contributed by atoms with van der Waals surface area (Å²) in [7, 11) is 0. The molecule has 3 nitrogen and oxygen atoms in total. The molecule has 47 heavy (non-hydrogen) atoms. The maximum atomic E-state index is 12.2. The second kappa shape index (κ2) is 14.2. The molecule has 249 valence electrons. The summed E-state index contributed by atoms with van der Waals surface area (Å²) >= 11 is 1.91. The number of thiophene rings is 1. The monoisotopic (exact) mass is 823 g/mol. The molecule has 0 amide bonds. The molecular weight excluding hydrogens is 775 g/mol. The molecule has 1 radical (unpaired) electrons. The van der Waals surface area contributed by atoms with Crippen LogP contribution < -0.4 is 0 Å². The van der Waals surface area contributed by atoms with Crippen molar-refractivity contribution in [2.75, 3.05) is 0 Å². The average molecular weight is 823 g/mol. The number of pyridine rings is 1. The molecule has 6 rings (SSSR count). The number of nitrogens with zero attached hydrogens (tertiary/aromatic N) is 1. The quantitative estimate of drug-likeness (QED) is 0.0963. The molecule has 0 bridgehead atoms. The summed E-state index contributed by atoms with van der Waals surface area (Å²) in [5.74, 6) is 0.286. The number of carbonyl (C=O) groups excluding carboxylic acids is 1. The largest absolute Gasteiger partial charge is 0.512 e. The van der Waals surface area contributed by atoms with E-state index >= 15 is 0 Å². The zero-order valence-electron chi connectivity index (χ0n) is 29.3. The number of aliphatic hydroxyl groups is 1. The van der Waals surface area contributed by atoms with Crippen LogP contribution in [0.3, 0.4) is 0 Å². The zero-order valence-corrected chi connectivity index (χ0v) is 32.5. The van der Waals surface area contributed by atoms with Crippen LogP contribution in [0, 0.1) is 23.8 Å². The number of aryl methyl sites for hydroxylation is 1. The molecule has 3 aromatic carbocycles. The van der Waals surface area contributed by atoms with Crippen molar-refractivity contribution in [1.82, 2.24) is 4.98 Å². The van der Waals surface area contributed by atoms with Crippen LogP contribution in [0.25, 0.3) is 42.7 Å². The topological polar surface area (TPSA) is 50.2 Å². The van der Waals surface area contributed by atoms with E-state index < -0.39 is 0 Å². The molecule has 0 fully saturated rings. The second-order valence-electron chi connectivity index (χ2n) is 13.9. The molecule has 1 aliphatic rings. The molecule has 0 atom stereocenters. The average Bonchev–Trinajstić information content (AvgIpc) is 3.57. The molecule has 1 N–H and O–H groups in total. The van der Waals surface area contributed by atoms with E-state index in [-0.39, 0.29) is 47.9 Å². The summed E-state index contributed by atoms with van der Waals surface area (Å²) in [6.45, 7) is 18.9. The Balaban J connectivity index is 0.000000242. The number of hydrogen-bond acceptors (Lipinski definition) is 4. The Hall–Kier alpha value is -3.11. The van der Waals surface area contributed by atoms with Crippen LogP contribution in [0.2, 0.25) is 0 Å². The van der Waals surface area contributed by atoms with Gasteiger partial charge in [-0.05, 0) is 78.3 Å². The van der Waals surface area contributed by atoms with Gasteiger partial charge in [-0.15, -0.1) is 40.7 Å². The van der Waals surface area contributed by atoms with Gasteiger partial charge in [0.1, 0.15) is 5.76 Å². The van der Waals surface area contributed by atoms with E-state index in [4.69, 9.17) is 4.98 Å². The minimum absolute atomic E-state index is 0. The van der Waals surface area contributed by atoms with Gasteiger partial charge < -0.3 is 5.11 Å². The molecule has 0 spiro atoms. The van der Waals surface area contributed by atoms with E-state index in [0.717, 1.165) is 42.5 Å². The second-order valence-corrected chi connectivity index (χ2v) is 14.9. The third-order valence-corrected chi connectivity index (χ3v) is 12.0. The van der Waals surface area contributed by atoms with Gasteiger partial charge >= 0.3 is 0 Å².